The molecule has 0 amide bonds. The van der Waals surface area contributed by atoms with Gasteiger partial charge in [-0.05, 0) is 12.1 Å². The van der Waals surface area contributed by atoms with Crippen LogP contribution < -0.4 is 5.43 Å². The zero-order valence-electron chi connectivity index (χ0n) is 16.3. The third kappa shape index (κ3) is 3.32. The predicted molar refractivity (Wildman–Crippen MR) is 107 cm³/mol. The average Bonchev–Trinajstić information content (AvgIpc) is 2.74. The predicted octanol–water partition coefficient (Wildman–Crippen LogP) is -0.203. The summed E-state index contributed by atoms with van der Waals surface area (Å²) < 4.78 is 10.9. The number of hydrogen-bond donors (Lipinski definition) is 8. The largest absolute Gasteiger partial charge is 0.508 e. The Labute approximate surface area is 179 Å². The summed E-state index contributed by atoms with van der Waals surface area (Å²) >= 11 is 0. The molecule has 1 saturated heterocycles. The molecule has 1 aromatic heterocycles. The molecular formula is C21H20O11. The zero-order chi connectivity index (χ0) is 23.3. The third-order valence-corrected chi connectivity index (χ3v) is 5.49. The van der Waals surface area contributed by atoms with Crippen LogP contribution in [0.25, 0.3) is 22.1 Å². The summed E-state index contributed by atoms with van der Waals surface area (Å²) in [6.07, 6.45) is -7.06. The monoisotopic (exact) mass is 448 g/mol. The summed E-state index contributed by atoms with van der Waals surface area (Å²) in [4.78, 5) is 13.1. The second kappa shape index (κ2) is 7.97. The minimum atomic E-state index is -1.78. The highest BCUT2D eigenvalue weighted by molar-refractivity contribution is 5.91. The van der Waals surface area contributed by atoms with Gasteiger partial charge >= 0.3 is 0 Å². The number of aliphatic hydroxyl groups is 4. The van der Waals surface area contributed by atoms with E-state index in [4.69, 9.17) is 9.15 Å². The van der Waals surface area contributed by atoms with Crippen LogP contribution in [-0.4, -0.2) is 71.9 Å². The maximum Gasteiger partial charge on any atom is 0.204 e. The van der Waals surface area contributed by atoms with Crippen LogP contribution in [0.5, 0.6) is 23.0 Å². The lowest BCUT2D eigenvalue weighted by atomic mass is 9.89. The number of fused-ring (bicyclic) bond motifs is 1. The zero-order valence-corrected chi connectivity index (χ0v) is 16.3. The molecule has 4 rings (SSSR count). The Bertz CT molecular complexity index is 1230. The van der Waals surface area contributed by atoms with E-state index in [0.29, 0.717) is 0 Å². The second-order valence-electron chi connectivity index (χ2n) is 7.46. The van der Waals surface area contributed by atoms with Crippen LogP contribution >= 0.6 is 0 Å². The van der Waals surface area contributed by atoms with E-state index in [-0.39, 0.29) is 28.0 Å². The molecule has 170 valence electrons. The van der Waals surface area contributed by atoms with Gasteiger partial charge in [0.1, 0.15) is 65.2 Å². The van der Waals surface area contributed by atoms with Gasteiger partial charge in [0.05, 0.1) is 17.7 Å². The number of phenols is 4. The first-order valence-electron chi connectivity index (χ1n) is 9.48. The van der Waals surface area contributed by atoms with Crippen molar-refractivity contribution in [1.29, 1.82) is 0 Å². The number of ether oxygens (including phenoxy) is 1. The molecule has 2 heterocycles. The standard InChI is InChI=1S/C21H20O11/c22-5-13-17(28)18(29)19(30)21(32-13)15-12(26)4-11(25)14-16(27)9(6-31-20(14)15)8-2-1-7(23)3-10(8)24/h1-4,6,13,17-19,21-26,28-30H,5H2/t13-,17-,18+,19-,21?/m1/s1. The van der Waals surface area contributed by atoms with Crippen LogP contribution in [0.3, 0.4) is 0 Å². The molecule has 3 aromatic rings. The lowest BCUT2D eigenvalue weighted by Crippen LogP contribution is -2.55. The van der Waals surface area contributed by atoms with Crippen molar-refractivity contribution in [2.24, 2.45) is 0 Å². The summed E-state index contributed by atoms with van der Waals surface area (Å²) in [6, 6.07) is 4.32. The molecular weight excluding hydrogens is 428 g/mol. The van der Waals surface area contributed by atoms with Crippen LogP contribution in [-0.2, 0) is 4.74 Å². The first kappa shape index (κ1) is 21.9. The Hall–Kier alpha value is -3.35. The molecule has 0 spiro atoms. The van der Waals surface area contributed by atoms with Crippen molar-refractivity contribution in [3.63, 3.8) is 0 Å². The van der Waals surface area contributed by atoms with Crippen molar-refractivity contribution in [3.05, 3.63) is 46.3 Å². The fraction of sp³-hybridized carbons (Fsp3) is 0.286. The lowest BCUT2D eigenvalue weighted by molar-refractivity contribution is -0.231. The molecule has 1 aliphatic heterocycles. The van der Waals surface area contributed by atoms with Gasteiger partial charge in [-0.2, -0.15) is 0 Å². The summed E-state index contributed by atoms with van der Waals surface area (Å²) in [6.45, 7) is -0.716. The molecule has 2 aromatic carbocycles. The van der Waals surface area contributed by atoms with E-state index in [0.717, 1.165) is 18.4 Å². The highest BCUT2D eigenvalue weighted by Crippen LogP contribution is 2.43. The number of hydrogen-bond acceptors (Lipinski definition) is 11. The van der Waals surface area contributed by atoms with E-state index >= 15 is 0 Å². The molecule has 1 aliphatic rings. The van der Waals surface area contributed by atoms with Crippen molar-refractivity contribution in [3.8, 4) is 34.1 Å². The molecule has 11 heteroatoms. The van der Waals surface area contributed by atoms with E-state index in [2.05, 4.69) is 0 Å². The minimum absolute atomic E-state index is 0.000292. The fourth-order valence-corrected chi connectivity index (χ4v) is 3.84. The first-order chi connectivity index (χ1) is 15.1. The molecule has 11 nitrogen and oxygen atoms in total. The number of rotatable bonds is 3. The maximum absolute atomic E-state index is 13.1. The maximum atomic E-state index is 13.1. The molecule has 1 unspecified atom stereocenters. The molecule has 8 N–H and O–H groups in total. The second-order valence-corrected chi connectivity index (χ2v) is 7.46. The van der Waals surface area contributed by atoms with Gasteiger partial charge in [-0.1, -0.05) is 0 Å². The van der Waals surface area contributed by atoms with Gasteiger partial charge < -0.3 is 50.0 Å². The fourth-order valence-electron chi connectivity index (χ4n) is 3.84. The quantitative estimate of drug-likeness (QED) is 0.264. The van der Waals surface area contributed by atoms with Crippen molar-refractivity contribution in [1.82, 2.24) is 0 Å². The van der Waals surface area contributed by atoms with Gasteiger partial charge in [-0.25, -0.2) is 0 Å². The normalized spacial score (nSPS) is 25.8. The van der Waals surface area contributed by atoms with Gasteiger partial charge in [-0.15, -0.1) is 0 Å². The molecule has 0 aliphatic carbocycles. The summed E-state index contributed by atoms with van der Waals surface area (Å²) in [7, 11) is 0. The Balaban J connectivity index is 1.94. The van der Waals surface area contributed by atoms with Crippen LogP contribution in [0.4, 0.5) is 0 Å². The highest BCUT2D eigenvalue weighted by Gasteiger charge is 2.46. The minimum Gasteiger partial charge on any atom is -0.508 e. The van der Waals surface area contributed by atoms with E-state index in [9.17, 15) is 45.6 Å². The number of phenolic OH excluding ortho intramolecular Hbond substituents is 4. The molecule has 0 radical (unpaired) electrons. The van der Waals surface area contributed by atoms with E-state index in [1.807, 2.05) is 0 Å². The third-order valence-electron chi connectivity index (χ3n) is 5.49. The molecule has 5 atom stereocenters. The summed E-state index contributed by atoms with van der Waals surface area (Å²) in [5, 5.41) is 79.8. The van der Waals surface area contributed by atoms with Gasteiger partial charge in [0.15, 0.2) is 5.58 Å². The van der Waals surface area contributed by atoms with Crippen LogP contribution in [0, 0.1) is 0 Å². The number of aromatic hydroxyl groups is 4. The van der Waals surface area contributed by atoms with Gasteiger partial charge in [0.2, 0.25) is 5.43 Å². The van der Waals surface area contributed by atoms with Crippen molar-refractivity contribution < 1.29 is 50.0 Å². The van der Waals surface area contributed by atoms with Crippen molar-refractivity contribution in [2.45, 2.75) is 30.5 Å². The van der Waals surface area contributed by atoms with Crippen molar-refractivity contribution in [2.75, 3.05) is 6.61 Å². The Morgan fingerprint density at radius 3 is 2.22 bits per heavy atom. The molecule has 0 saturated carbocycles. The number of aliphatic hydroxyl groups excluding tert-OH is 4. The van der Waals surface area contributed by atoms with Crippen LogP contribution in [0.1, 0.15) is 11.7 Å². The molecule has 32 heavy (non-hydrogen) atoms. The Kier molecular flexibility index (Phi) is 5.44. The SMILES string of the molecule is O=c1c(-c2ccc(O)cc2O)coc2c(C3O[C@H](CO)[C@@H](O)[C@H](O)[C@H]3O)c(O)cc(O)c12. The van der Waals surface area contributed by atoms with Crippen molar-refractivity contribution >= 4 is 11.0 Å². The van der Waals surface area contributed by atoms with Gasteiger partial charge in [-0.3, -0.25) is 4.79 Å². The van der Waals surface area contributed by atoms with Crippen LogP contribution in [0.2, 0.25) is 0 Å². The summed E-state index contributed by atoms with van der Waals surface area (Å²) in [5.74, 6) is -1.97. The topological polar surface area (TPSA) is 201 Å². The van der Waals surface area contributed by atoms with E-state index in [1.54, 1.807) is 0 Å². The molecule has 0 bridgehead atoms. The number of benzene rings is 2. The van der Waals surface area contributed by atoms with E-state index < -0.39 is 65.2 Å². The highest BCUT2D eigenvalue weighted by atomic mass is 16.5. The van der Waals surface area contributed by atoms with Gasteiger partial charge in [0.25, 0.3) is 0 Å². The van der Waals surface area contributed by atoms with Gasteiger partial charge in [0, 0.05) is 17.7 Å². The summed E-state index contributed by atoms with van der Waals surface area (Å²) in [5.41, 5.74) is -1.65. The first-order valence-corrected chi connectivity index (χ1v) is 9.48. The Morgan fingerprint density at radius 1 is 0.844 bits per heavy atom. The molecule has 1 fully saturated rings. The van der Waals surface area contributed by atoms with Crippen LogP contribution in [0.15, 0.2) is 39.7 Å². The smallest absolute Gasteiger partial charge is 0.204 e. The lowest BCUT2D eigenvalue weighted by Gasteiger charge is -2.40. The van der Waals surface area contributed by atoms with E-state index in [1.165, 1.54) is 12.1 Å². The average molecular weight is 448 g/mol. The Morgan fingerprint density at radius 2 is 1.56 bits per heavy atom.